The number of aliphatic hydroxyl groups excluding tert-OH is 3. The summed E-state index contributed by atoms with van der Waals surface area (Å²) >= 11 is 0. The molecule has 0 aliphatic heterocycles. The average molecular weight is 306 g/mol. The fourth-order valence-corrected chi connectivity index (χ4v) is 3.73. The summed E-state index contributed by atoms with van der Waals surface area (Å²) in [5.41, 5.74) is 0.416. The van der Waals surface area contributed by atoms with Crippen LogP contribution in [-0.2, 0) is 0 Å². The number of hydrogen-bond donors (Lipinski definition) is 3. The van der Waals surface area contributed by atoms with Crippen LogP contribution >= 0.6 is 0 Å². The van der Waals surface area contributed by atoms with Crippen LogP contribution < -0.4 is 5.43 Å². The third-order valence-electron chi connectivity index (χ3n) is 4.83. The van der Waals surface area contributed by atoms with Gasteiger partial charge in [-0.15, -0.1) is 0 Å². The first-order valence-corrected chi connectivity index (χ1v) is 7.81. The van der Waals surface area contributed by atoms with Gasteiger partial charge in [-0.3, -0.25) is 4.79 Å². The summed E-state index contributed by atoms with van der Waals surface area (Å²) in [6.07, 6.45) is 0.705. The van der Waals surface area contributed by atoms with Crippen molar-refractivity contribution in [3.63, 3.8) is 0 Å². The number of aryl methyl sites for hydroxylation is 1. The lowest BCUT2D eigenvalue weighted by Crippen LogP contribution is -2.32. The quantitative estimate of drug-likeness (QED) is 0.741. The number of rotatable bonds is 1. The van der Waals surface area contributed by atoms with Crippen molar-refractivity contribution in [1.82, 2.24) is 0 Å². The van der Waals surface area contributed by atoms with Crippen molar-refractivity contribution in [3.8, 4) is 0 Å². The molecule has 22 heavy (non-hydrogen) atoms. The summed E-state index contributed by atoms with van der Waals surface area (Å²) in [6.45, 7) is 3.76. The molecule has 4 unspecified atom stereocenters. The first-order chi connectivity index (χ1) is 10.4. The highest BCUT2D eigenvalue weighted by Crippen LogP contribution is 2.44. The predicted molar refractivity (Wildman–Crippen MR) is 81.4 cm³/mol. The molecule has 2 aliphatic carbocycles. The lowest BCUT2D eigenvalue weighted by molar-refractivity contribution is 0.0703. The molecule has 4 atom stereocenters. The zero-order valence-corrected chi connectivity index (χ0v) is 12.9. The van der Waals surface area contributed by atoms with Gasteiger partial charge in [0.1, 0.15) is 17.3 Å². The van der Waals surface area contributed by atoms with E-state index < -0.39 is 12.2 Å². The van der Waals surface area contributed by atoms with Gasteiger partial charge < -0.3 is 19.7 Å². The van der Waals surface area contributed by atoms with Crippen LogP contribution in [-0.4, -0.2) is 21.4 Å². The van der Waals surface area contributed by atoms with Crippen LogP contribution in [0.3, 0.4) is 0 Å². The molecule has 120 valence electrons. The second-order valence-electron chi connectivity index (χ2n) is 6.64. The van der Waals surface area contributed by atoms with E-state index in [0.717, 1.165) is 12.8 Å². The molecule has 5 heteroatoms. The zero-order valence-electron chi connectivity index (χ0n) is 12.9. The highest BCUT2D eigenvalue weighted by molar-refractivity contribution is 5.70. The summed E-state index contributed by atoms with van der Waals surface area (Å²) in [4.78, 5) is 12.2. The first kappa shape index (κ1) is 15.3. The summed E-state index contributed by atoms with van der Waals surface area (Å²) in [5, 5.41) is 30.9. The Bertz CT molecular complexity index is 672. The Morgan fingerprint density at radius 3 is 2.68 bits per heavy atom. The van der Waals surface area contributed by atoms with Gasteiger partial charge in [0.15, 0.2) is 5.43 Å². The van der Waals surface area contributed by atoms with Gasteiger partial charge in [-0.05, 0) is 32.1 Å². The third-order valence-corrected chi connectivity index (χ3v) is 4.83. The van der Waals surface area contributed by atoms with E-state index in [9.17, 15) is 20.1 Å². The van der Waals surface area contributed by atoms with E-state index >= 15 is 0 Å². The molecule has 2 aliphatic rings. The summed E-state index contributed by atoms with van der Waals surface area (Å²) in [7, 11) is 0. The minimum absolute atomic E-state index is 0.00503. The van der Waals surface area contributed by atoms with Crippen molar-refractivity contribution in [1.29, 1.82) is 0 Å². The maximum Gasteiger partial charge on any atom is 0.191 e. The molecule has 1 aromatic heterocycles. The van der Waals surface area contributed by atoms with E-state index in [1.54, 1.807) is 6.92 Å². The number of aliphatic hydroxyl groups is 3. The highest BCUT2D eigenvalue weighted by atomic mass is 16.3. The largest absolute Gasteiger partial charge is 0.512 e. The monoisotopic (exact) mass is 306 g/mol. The average Bonchev–Trinajstić information content (AvgIpc) is 2.39. The second-order valence-corrected chi connectivity index (χ2v) is 6.64. The Labute approximate surface area is 128 Å². The molecular formula is C17H22O5. The Morgan fingerprint density at radius 1 is 1.27 bits per heavy atom. The minimum atomic E-state index is -1.06. The van der Waals surface area contributed by atoms with Gasteiger partial charge in [0, 0.05) is 24.0 Å². The molecule has 0 amide bonds. The van der Waals surface area contributed by atoms with Crippen molar-refractivity contribution in [2.75, 3.05) is 0 Å². The van der Waals surface area contributed by atoms with E-state index in [1.165, 1.54) is 6.07 Å². The summed E-state index contributed by atoms with van der Waals surface area (Å²) in [5.74, 6) is 0.883. The standard InChI is InChI=1S/C17H22O5/c1-8-3-4-10(11(18)5-8)15-13(20)7-14(21)16-12(19)6-9(2)22-17(15)16/h6,8,10-11,14,18,20-21H,3-5,7H2,1-2H3. The maximum absolute atomic E-state index is 12.2. The zero-order chi connectivity index (χ0) is 16.0. The van der Waals surface area contributed by atoms with Gasteiger partial charge in [-0.2, -0.15) is 0 Å². The van der Waals surface area contributed by atoms with Crippen LogP contribution in [0.4, 0.5) is 0 Å². The fourth-order valence-electron chi connectivity index (χ4n) is 3.73. The molecule has 1 heterocycles. The molecule has 0 saturated heterocycles. The lowest BCUT2D eigenvalue weighted by Gasteiger charge is -2.35. The van der Waals surface area contributed by atoms with Gasteiger partial charge in [-0.1, -0.05) is 6.92 Å². The topological polar surface area (TPSA) is 90.9 Å². The molecular weight excluding hydrogens is 284 g/mol. The Morgan fingerprint density at radius 2 is 2.00 bits per heavy atom. The van der Waals surface area contributed by atoms with Gasteiger partial charge in [0.25, 0.3) is 0 Å². The van der Waals surface area contributed by atoms with Gasteiger partial charge >= 0.3 is 0 Å². The van der Waals surface area contributed by atoms with E-state index in [0.29, 0.717) is 23.7 Å². The van der Waals surface area contributed by atoms with E-state index in [4.69, 9.17) is 4.42 Å². The predicted octanol–water partition coefficient (Wildman–Crippen LogP) is 2.45. The Hall–Kier alpha value is -1.59. The van der Waals surface area contributed by atoms with Crippen LogP contribution in [0, 0.1) is 18.8 Å². The Balaban J connectivity index is 2.12. The maximum atomic E-state index is 12.2. The second kappa shape index (κ2) is 5.56. The van der Waals surface area contributed by atoms with Crippen LogP contribution in [0.25, 0.3) is 5.57 Å². The first-order valence-electron chi connectivity index (χ1n) is 7.81. The van der Waals surface area contributed by atoms with E-state index in [2.05, 4.69) is 6.92 Å². The van der Waals surface area contributed by atoms with Crippen molar-refractivity contribution >= 4 is 5.57 Å². The SMILES string of the molecule is Cc1cc(=O)c2c(o1)C(C1CCC(C)CC1O)=C(O)CC2O. The van der Waals surface area contributed by atoms with Gasteiger partial charge in [0.2, 0.25) is 0 Å². The Kier molecular flexibility index (Phi) is 3.87. The molecule has 0 spiro atoms. The molecule has 0 aromatic carbocycles. The van der Waals surface area contributed by atoms with Crippen molar-refractivity contribution < 1.29 is 19.7 Å². The van der Waals surface area contributed by atoms with Crippen molar-refractivity contribution in [2.45, 2.75) is 51.7 Å². The van der Waals surface area contributed by atoms with Crippen LogP contribution in [0.1, 0.15) is 55.8 Å². The van der Waals surface area contributed by atoms with Crippen LogP contribution in [0.15, 0.2) is 21.0 Å². The van der Waals surface area contributed by atoms with Crippen molar-refractivity contribution in [2.24, 2.45) is 11.8 Å². The minimum Gasteiger partial charge on any atom is -0.512 e. The van der Waals surface area contributed by atoms with Crippen LogP contribution in [0.5, 0.6) is 0 Å². The molecule has 3 rings (SSSR count). The van der Waals surface area contributed by atoms with E-state index in [1.807, 2.05) is 0 Å². The van der Waals surface area contributed by atoms with Gasteiger partial charge in [0.05, 0.1) is 17.8 Å². The smallest absolute Gasteiger partial charge is 0.191 e. The number of hydrogen-bond acceptors (Lipinski definition) is 5. The molecule has 0 radical (unpaired) electrons. The van der Waals surface area contributed by atoms with Crippen molar-refractivity contribution in [3.05, 3.63) is 39.1 Å². The molecule has 0 bridgehead atoms. The molecule has 5 nitrogen and oxygen atoms in total. The molecule has 1 aromatic rings. The summed E-state index contributed by atoms with van der Waals surface area (Å²) < 4.78 is 5.67. The summed E-state index contributed by atoms with van der Waals surface area (Å²) in [6, 6.07) is 1.35. The normalized spacial score (nSPS) is 32.0. The number of fused-ring (bicyclic) bond motifs is 1. The molecule has 3 N–H and O–H groups in total. The molecule has 1 saturated carbocycles. The third kappa shape index (κ3) is 2.48. The van der Waals surface area contributed by atoms with Crippen LogP contribution in [0.2, 0.25) is 0 Å². The molecule has 1 fully saturated rings. The van der Waals surface area contributed by atoms with Gasteiger partial charge in [-0.25, -0.2) is 0 Å². The highest BCUT2D eigenvalue weighted by Gasteiger charge is 2.38. The lowest BCUT2D eigenvalue weighted by atomic mass is 9.73. The fraction of sp³-hybridized carbons (Fsp3) is 0.588. The van der Waals surface area contributed by atoms with E-state index in [-0.39, 0.29) is 34.9 Å².